The predicted molar refractivity (Wildman–Crippen MR) is 106 cm³/mol. The van der Waals surface area contributed by atoms with Crippen LogP contribution in [-0.2, 0) is 13.1 Å². The number of nitrogens with zero attached hydrogens (tertiary/aromatic N) is 5. The number of aryl methyl sites for hydroxylation is 1. The average molecular weight is 379 g/mol. The van der Waals surface area contributed by atoms with Crippen LogP contribution in [0.2, 0.25) is 0 Å². The van der Waals surface area contributed by atoms with E-state index < -0.39 is 0 Å². The maximum atomic E-state index is 12.7. The summed E-state index contributed by atoms with van der Waals surface area (Å²) in [5.41, 5.74) is 1.00. The minimum atomic E-state index is -0.179. The van der Waals surface area contributed by atoms with Crippen LogP contribution < -0.4 is 11.2 Å². The van der Waals surface area contributed by atoms with E-state index in [9.17, 15) is 9.59 Å². The van der Waals surface area contributed by atoms with Gasteiger partial charge in [-0.25, -0.2) is 14.5 Å². The van der Waals surface area contributed by atoms with Crippen molar-refractivity contribution < 1.29 is 0 Å². The molecule has 1 aromatic carbocycles. The maximum absolute atomic E-state index is 12.7. The Hall–Kier alpha value is -3.13. The fourth-order valence-corrected chi connectivity index (χ4v) is 3.81. The Morgan fingerprint density at radius 1 is 1.11 bits per heavy atom. The van der Waals surface area contributed by atoms with Crippen molar-refractivity contribution in [2.75, 3.05) is 5.75 Å². The van der Waals surface area contributed by atoms with Gasteiger partial charge in [-0.2, -0.15) is 0 Å². The molecular weight excluding hydrogens is 362 g/mol. The minimum Gasteiger partial charge on any atom is -0.283 e. The highest BCUT2D eigenvalue weighted by molar-refractivity contribution is 7.99. The Bertz CT molecular complexity index is 1250. The summed E-state index contributed by atoms with van der Waals surface area (Å²) in [6.07, 6.45) is 3.37. The van der Waals surface area contributed by atoms with Crippen LogP contribution in [-0.4, -0.2) is 29.5 Å². The number of hydrogen-bond donors (Lipinski definition) is 0. The van der Waals surface area contributed by atoms with E-state index in [1.165, 1.54) is 20.8 Å². The molecule has 4 rings (SSSR count). The van der Waals surface area contributed by atoms with Crippen LogP contribution in [0.1, 0.15) is 0 Å². The zero-order valence-electron chi connectivity index (χ0n) is 14.5. The molecule has 0 fully saturated rings. The summed E-state index contributed by atoms with van der Waals surface area (Å²) < 4.78 is 4.54. The summed E-state index contributed by atoms with van der Waals surface area (Å²) in [6, 6.07) is 12.7. The predicted octanol–water partition coefficient (Wildman–Crippen LogP) is 2.18. The first kappa shape index (κ1) is 17.3. The van der Waals surface area contributed by atoms with Gasteiger partial charge in [0.15, 0.2) is 10.8 Å². The van der Waals surface area contributed by atoms with E-state index in [-0.39, 0.29) is 11.2 Å². The molecule has 0 aliphatic heterocycles. The first-order valence-corrected chi connectivity index (χ1v) is 9.45. The fourth-order valence-electron chi connectivity index (χ4n) is 2.89. The van der Waals surface area contributed by atoms with Crippen LogP contribution in [0.25, 0.3) is 16.6 Å². The van der Waals surface area contributed by atoms with E-state index in [4.69, 9.17) is 0 Å². The first-order valence-electron chi connectivity index (χ1n) is 8.46. The highest BCUT2D eigenvalue weighted by Crippen LogP contribution is 2.18. The summed E-state index contributed by atoms with van der Waals surface area (Å²) >= 11 is 1.42. The Labute approximate surface area is 158 Å². The molecule has 136 valence electrons. The summed E-state index contributed by atoms with van der Waals surface area (Å²) in [5.74, 6) is 0.561. The second-order valence-electron chi connectivity index (χ2n) is 5.90. The number of allylic oxidation sites excluding steroid dienone is 1. The smallest absolute Gasteiger partial charge is 0.283 e. The van der Waals surface area contributed by atoms with Gasteiger partial charge in [-0.3, -0.25) is 13.8 Å². The van der Waals surface area contributed by atoms with Gasteiger partial charge in [-0.15, -0.1) is 11.7 Å². The van der Waals surface area contributed by atoms with Crippen molar-refractivity contribution in [3.8, 4) is 0 Å². The van der Waals surface area contributed by atoms with Gasteiger partial charge in [0.25, 0.3) is 5.56 Å². The van der Waals surface area contributed by atoms with Gasteiger partial charge in [0.05, 0.1) is 17.4 Å². The molecule has 0 bridgehead atoms. The molecule has 0 radical (unpaired) electrons. The molecule has 0 spiro atoms. The second kappa shape index (κ2) is 7.24. The van der Waals surface area contributed by atoms with Crippen molar-refractivity contribution in [3.05, 3.63) is 82.2 Å². The van der Waals surface area contributed by atoms with Crippen molar-refractivity contribution in [1.82, 2.24) is 23.7 Å². The summed E-state index contributed by atoms with van der Waals surface area (Å²) in [5, 5.41) is 5.51. The number of benzene rings is 1. The van der Waals surface area contributed by atoms with Gasteiger partial charge < -0.3 is 0 Å². The second-order valence-corrected chi connectivity index (χ2v) is 6.96. The number of hydrogen-bond acceptors (Lipinski definition) is 5. The number of pyridine rings is 1. The lowest BCUT2D eigenvalue weighted by molar-refractivity contribution is 0.634. The van der Waals surface area contributed by atoms with Crippen molar-refractivity contribution >= 4 is 28.3 Å². The molecule has 3 heterocycles. The number of aromatic nitrogens is 5. The van der Waals surface area contributed by atoms with E-state index in [0.29, 0.717) is 40.5 Å². The molecule has 8 heteroatoms. The summed E-state index contributed by atoms with van der Waals surface area (Å²) in [7, 11) is 0. The standard InChI is InChI=1S/C19H17N5O2S/c1-2-10-23-17(25)14-7-3-4-8-15(14)20-18(23)27-13-12-24-19(26)22-11-6-5-9-16(22)21-24/h2-9,11H,1,10,12-13H2. The molecule has 0 unspecified atom stereocenters. The highest BCUT2D eigenvalue weighted by Gasteiger charge is 2.11. The number of fused-ring (bicyclic) bond motifs is 2. The van der Waals surface area contributed by atoms with Gasteiger partial charge in [0.2, 0.25) is 0 Å². The van der Waals surface area contributed by atoms with E-state index in [0.717, 1.165) is 0 Å². The van der Waals surface area contributed by atoms with Gasteiger partial charge in [-0.1, -0.05) is 36.0 Å². The Balaban J connectivity index is 1.62. The highest BCUT2D eigenvalue weighted by atomic mass is 32.2. The van der Waals surface area contributed by atoms with Crippen molar-refractivity contribution in [1.29, 1.82) is 0 Å². The molecule has 0 amide bonds. The van der Waals surface area contributed by atoms with Crippen LogP contribution >= 0.6 is 11.8 Å². The number of rotatable bonds is 6. The zero-order valence-corrected chi connectivity index (χ0v) is 15.3. The van der Waals surface area contributed by atoms with Crippen LogP contribution in [0.4, 0.5) is 0 Å². The average Bonchev–Trinajstić information content (AvgIpc) is 3.01. The Kier molecular flexibility index (Phi) is 4.64. The normalized spacial score (nSPS) is 11.3. The molecule has 3 aromatic heterocycles. The quantitative estimate of drug-likeness (QED) is 0.292. The number of para-hydroxylation sites is 1. The molecule has 0 N–H and O–H groups in total. The van der Waals surface area contributed by atoms with Gasteiger partial charge in [0.1, 0.15) is 0 Å². The van der Waals surface area contributed by atoms with Crippen LogP contribution in [0.5, 0.6) is 0 Å². The Morgan fingerprint density at radius 3 is 2.74 bits per heavy atom. The molecule has 27 heavy (non-hydrogen) atoms. The Morgan fingerprint density at radius 2 is 1.93 bits per heavy atom. The van der Waals surface area contributed by atoms with Crippen molar-refractivity contribution in [2.45, 2.75) is 18.2 Å². The first-order chi connectivity index (χ1) is 13.2. The molecule has 0 saturated carbocycles. The van der Waals surface area contributed by atoms with Crippen molar-refractivity contribution in [2.24, 2.45) is 0 Å². The third-order valence-electron chi connectivity index (χ3n) is 4.16. The van der Waals surface area contributed by atoms with Gasteiger partial charge in [-0.05, 0) is 24.3 Å². The maximum Gasteiger partial charge on any atom is 0.350 e. The largest absolute Gasteiger partial charge is 0.350 e. The molecule has 0 saturated heterocycles. The molecule has 0 atom stereocenters. The molecule has 0 aliphatic carbocycles. The SMILES string of the molecule is C=CCn1c(SCCn2nc3ccccn3c2=O)nc2ccccc2c1=O. The topological polar surface area (TPSA) is 74.2 Å². The number of thioether (sulfide) groups is 1. The lowest BCUT2D eigenvalue weighted by atomic mass is 10.2. The zero-order chi connectivity index (χ0) is 18.8. The summed E-state index contributed by atoms with van der Waals surface area (Å²) in [6.45, 7) is 4.53. The fraction of sp³-hybridized carbons (Fsp3) is 0.158. The van der Waals surface area contributed by atoms with Crippen LogP contribution in [0.3, 0.4) is 0 Å². The molecular formula is C19H17N5O2S. The summed E-state index contributed by atoms with van der Waals surface area (Å²) in [4.78, 5) is 29.7. The van der Waals surface area contributed by atoms with Gasteiger partial charge >= 0.3 is 5.69 Å². The lowest BCUT2D eigenvalue weighted by Crippen LogP contribution is -2.24. The lowest BCUT2D eigenvalue weighted by Gasteiger charge is -2.11. The molecule has 0 aliphatic rings. The minimum absolute atomic E-state index is 0.0899. The van der Waals surface area contributed by atoms with Crippen molar-refractivity contribution in [3.63, 3.8) is 0 Å². The molecule has 4 aromatic rings. The molecule has 7 nitrogen and oxygen atoms in total. The monoisotopic (exact) mass is 379 g/mol. The van der Waals surface area contributed by atoms with Crippen LogP contribution in [0.15, 0.2) is 76.1 Å². The van der Waals surface area contributed by atoms with E-state index in [1.54, 1.807) is 35.0 Å². The van der Waals surface area contributed by atoms with Crippen LogP contribution in [0, 0.1) is 0 Å². The third kappa shape index (κ3) is 3.19. The van der Waals surface area contributed by atoms with E-state index >= 15 is 0 Å². The van der Waals surface area contributed by atoms with Gasteiger partial charge in [0, 0.05) is 18.5 Å². The third-order valence-corrected chi connectivity index (χ3v) is 5.12. The van der Waals surface area contributed by atoms with E-state index in [1.807, 2.05) is 24.3 Å². The van der Waals surface area contributed by atoms with E-state index in [2.05, 4.69) is 16.7 Å².